The van der Waals surface area contributed by atoms with Crippen LogP contribution in [-0.4, -0.2) is 45.3 Å². The van der Waals surface area contributed by atoms with Gasteiger partial charge in [0.05, 0.1) is 35.8 Å². The first-order valence-electron chi connectivity index (χ1n) is 10.3. The Morgan fingerprint density at radius 1 is 1.10 bits per heavy atom. The summed E-state index contributed by atoms with van der Waals surface area (Å²) in [6.07, 6.45) is 7.31. The second-order valence-electron chi connectivity index (χ2n) is 8.44. The molecule has 0 N–H and O–H groups in total. The highest BCUT2D eigenvalue weighted by Gasteiger charge is 2.41. The van der Waals surface area contributed by atoms with E-state index in [4.69, 9.17) is 0 Å². The number of aryl methyl sites for hydroxylation is 1. The van der Waals surface area contributed by atoms with Crippen LogP contribution in [0.4, 0.5) is 0 Å². The molecule has 2 aliphatic rings. The molecule has 4 rings (SSSR count). The van der Waals surface area contributed by atoms with Gasteiger partial charge in [-0.05, 0) is 56.3 Å². The number of hydrogen-bond donors (Lipinski definition) is 0. The average molecular weight is 390 g/mol. The Labute approximate surface area is 172 Å². The van der Waals surface area contributed by atoms with E-state index in [0.29, 0.717) is 13.0 Å². The molecule has 2 aromatic rings. The number of carbonyl (C=O) groups excluding carboxylic acids is 1. The Morgan fingerprint density at radius 2 is 1.90 bits per heavy atom. The second kappa shape index (κ2) is 8.30. The third-order valence-electron chi connectivity index (χ3n) is 6.38. The number of nitriles is 1. The van der Waals surface area contributed by atoms with Crippen LogP contribution in [0.2, 0.25) is 0 Å². The van der Waals surface area contributed by atoms with Crippen LogP contribution in [-0.2, 0) is 17.9 Å². The summed E-state index contributed by atoms with van der Waals surface area (Å²) in [4.78, 5) is 25.7. The van der Waals surface area contributed by atoms with Crippen LogP contribution in [0.25, 0.3) is 0 Å². The first kappa shape index (κ1) is 19.5. The Bertz CT molecular complexity index is 910. The van der Waals surface area contributed by atoms with E-state index in [-0.39, 0.29) is 11.3 Å². The van der Waals surface area contributed by atoms with Crippen molar-refractivity contribution in [3.63, 3.8) is 0 Å². The molecule has 3 heterocycles. The molecule has 6 nitrogen and oxygen atoms in total. The van der Waals surface area contributed by atoms with Crippen LogP contribution in [0.5, 0.6) is 0 Å². The number of nitrogens with zero attached hydrogens (tertiary/aromatic N) is 5. The largest absolute Gasteiger partial charge is 0.336 e. The maximum Gasteiger partial charge on any atom is 0.222 e. The Hall–Kier alpha value is -2.78. The summed E-state index contributed by atoms with van der Waals surface area (Å²) < 4.78 is 0. The van der Waals surface area contributed by atoms with Crippen molar-refractivity contribution in [2.45, 2.75) is 45.7 Å². The topological polar surface area (TPSA) is 73.1 Å². The quantitative estimate of drug-likeness (QED) is 0.804. The van der Waals surface area contributed by atoms with Crippen LogP contribution in [0, 0.1) is 23.7 Å². The Kier molecular flexibility index (Phi) is 5.59. The molecule has 2 saturated heterocycles. The van der Waals surface area contributed by atoms with Gasteiger partial charge in [0.25, 0.3) is 0 Å². The second-order valence-corrected chi connectivity index (χ2v) is 8.44. The van der Waals surface area contributed by atoms with E-state index in [9.17, 15) is 10.1 Å². The lowest BCUT2D eigenvalue weighted by atomic mass is 9.72. The van der Waals surface area contributed by atoms with Gasteiger partial charge in [-0.15, -0.1) is 0 Å². The van der Waals surface area contributed by atoms with Gasteiger partial charge in [0.15, 0.2) is 0 Å². The molecule has 1 aromatic carbocycles. The lowest BCUT2D eigenvalue weighted by Gasteiger charge is -2.47. The van der Waals surface area contributed by atoms with E-state index in [1.807, 2.05) is 36.1 Å². The third-order valence-corrected chi connectivity index (χ3v) is 6.38. The van der Waals surface area contributed by atoms with E-state index in [1.54, 1.807) is 12.4 Å². The zero-order chi connectivity index (χ0) is 20.3. The number of rotatable bonds is 4. The van der Waals surface area contributed by atoms with Crippen molar-refractivity contribution in [1.29, 1.82) is 5.26 Å². The number of likely N-dealkylation sites (tertiary alicyclic amines) is 2. The molecule has 150 valence electrons. The highest BCUT2D eigenvalue weighted by molar-refractivity contribution is 5.77. The first-order valence-corrected chi connectivity index (χ1v) is 10.3. The molecular formula is C23H27N5O. The van der Waals surface area contributed by atoms with Gasteiger partial charge in [-0.25, -0.2) is 0 Å². The minimum absolute atomic E-state index is 0.206. The summed E-state index contributed by atoms with van der Waals surface area (Å²) in [6.45, 7) is 6.11. The summed E-state index contributed by atoms with van der Waals surface area (Å²) in [5.41, 5.74) is 3.81. The fraction of sp³-hybridized carbons (Fsp3) is 0.478. The van der Waals surface area contributed by atoms with Crippen LogP contribution < -0.4 is 0 Å². The monoisotopic (exact) mass is 389 g/mol. The molecule has 0 aliphatic carbocycles. The summed E-state index contributed by atoms with van der Waals surface area (Å²) in [5.74, 6) is 0.225. The number of amides is 1. The van der Waals surface area contributed by atoms with Gasteiger partial charge in [-0.2, -0.15) is 5.26 Å². The number of benzene rings is 1. The molecular weight excluding hydrogens is 362 g/mol. The van der Waals surface area contributed by atoms with Crippen LogP contribution in [0.1, 0.15) is 48.2 Å². The van der Waals surface area contributed by atoms with Crippen molar-refractivity contribution in [2.24, 2.45) is 5.41 Å². The summed E-state index contributed by atoms with van der Waals surface area (Å²) in [5, 5.41) is 9.32. The third kappa shape index (κ3) is 4.46. The highest BCUT2D eigenvalue weighted by Crippen LogP contribution is 2.40. The smallest absolute Gasteiger partial charge is 0.222 e. The Balaban J connectivity index is 1.37. The van der Waals surface area contributed by atoms with Crippen LogP contribution >= 0.6 is 0 Å². The standard InChI is InChI=1S/C23H27N5O/c1-18-13-26-21(14-25-18)16-28-17-23(7-6-22(28)29)8-10-27(11-9-23)15-20-5-3-2-4-19(20)12-24/h2-5,13-14H,6-11,15-17H2,1H3. The van der Waals surface area contributed by atoms with Crippen molar-refractivity contribution < 1.29 is 4.79 Å². The summed E-state index contributed by atoms with van der Waals surface area (Å²) in [7, 11) is 0. The lowest BCUT2D eigenvalue weighted by Crippen LogP contribution is -2.51. The number of carbonyl (C=O) groups is 1. The van der Waals surface area contributed by atoms with Gasteiger partial charge < -0.3 is 4.90 Å². The zero-order valence-electron chi connectivity index (χ0n) is 17.0. The van der Waals surface area contributed by atoms with Gasteiger partial charge in [-0.3, -0.25) is 19.7 Å². The number of piperidine rings is 2. The maximum absolute atomic E-state index is 12.5. The summed E-state index contributed by atoms with van der Waals surface area (Å²) >= 11 is 0. The molecule has 1 spiro atoms. The SMILES string of the molecule is Cc1cnc(CN2CC3(CCC2=O)CCN(Cc2ccccc2C#N)CC3)cn1. The van der Waals surface area contributed by atoms with E-state index < -0.39 is 0 Å². The number of hydrogen-bond acceptors (Lipinski definition) is 5. The van der Waals surface area contributed by atoms with Crippen molar-refractivity contribution in [3.8, 4) is 6.07 Å². The van der Waals surface area contributed by atoms with Gasteiger partial charge in [0, 0.05) is 25.7 Å². The Morgan fingerprint density at radius 3 is 2.62 bits per heavy atom. The van der Waals surface area contributed by atoms with Crippen molar-refractivity contribution in [1.82, 2.24) is 19.8 Å². The maximum atomic E-state index is 12.5. The van der Waals surface area contributed by atoms with Gasteiger partial charge >= 0.3 is 0 Å². The predicted octanol–water partition coefficient (Wildman–Crippen LogP) is 3.06. The van der Waals surface area contributed by atoms with E-state index in [2.05, 4.69) is 20.9 Å². The molecule has 1 amide bonds. The fourth-order valence-electron chi connectivity index (χ4n) is 4.54. The minimum atomic E-state index is 0.206. The van der Waals surface area contributed by atoms with Crippen LogP contribution in [0.3, 0.4) is 0 Å². The fourth-order valence-corrected chi connectivity index (χ4v) is 4.54. The van der Waals surface area contributed by atoms with E-state index in [1.165, 1.54) is 0 Å². The zero-order valence-corrected chi connectivity index (χ0v) is 17.0. The normalized spacial score (nSPS) is 19.3. The molecule has 0 unspecified atom stereocenters. The average Bonchev–Trinajstić information content (AvgIpc) is 2.75. The van der Waals surface area contributed by atoms with E-state index >= 15 is 0 Å². The van der Waals surface area contributed by atoms with Crippen LogP contribution in [0.15, 0.2) is 36.7 Å². The van der Waals surface area contributed by atoms with E-state index in [0.717, 1.165) is 68.0 Å². The molecule has 0 saturated carbocycles. The lowest BCUT2D eigenvalue weighted by molar-refractivity contribution is -0.140. The predicted molar refractivity (Wildman–Crippen MR) is 110 cm³/mol. The van der Waals surface area contributed by atoms with Gasteiger partial charge in [0.2, 0.25) is 5.91 Å². The molecule has 0 bridgehead atoms. The molecule has 1 aromatic heterocycles. The highest BCUT2D eigenvalue weighted by atomic mass is 16.2. The molecule has 0 atom stereocenters. The summed E-state index contributed by atoms with van der Waals surface area (Å²) in [6, 6.07) is 10.2. The minimum Gasteiger partial charge on any atom is -0.336 e. The van der Waals surface area contributed by atoms with Crippen molar-refractivity contribution in [3.05, 3.63) is 59.2 Å². The van der Waals surface area contributed by atoms with Gasteiger partial charge in [-0.1, -0.05) is 18.2 Å². The molecule has 2 aliphatic heterocycles. The molecule has 2 fully saturated rings. The number of aromatic nitrogens is 2. The molecule has 29 heavy (non-hydrogen) atoms. The first-order chi connectivity index (χ1) is 14.1. The molecule has 6 heteroatoms. The van der Waals surface area contributed by atoms with Crippen molar-refractivity contribution in [2.75, 3.05) is 19.6 Å². The van der Waals surface area contributed by atoms with Gasteiger partial charge in [0.1, 0.15) is 0 Å². The van der Waals surface area contributed by atoms with Crippen molar-refractivity contribution >= 4 is 5.91 Å². The molecule has 0 radical (unpaired) electrons.